The molecule has 6 aromatic carbocycles. The van der Waals surface area contributed by atoms with E-state index in [9.17, 15) is 24.0 Å². The van der Waals surface area contributed by atoms with Crippen LogP contribution in [-0.4, -0.2) is 29.3 Å². The van der Waals surface area contributed by atoms with Crippen molar-refractivity contribution in [3.8, 4) is 0 Å². The highest BCUT2D eigenvalue weighted by Gasteiger charge is 2.33. The molecule has 0 aliphatic heterocycles. The second kappa shape index (κ2) is 15.6. The number of thioether (sulfide) groups is 1. The first-order valence-electron chi connectivity index (χ1n) is 16.7. The van der Waals surface area contributed by atoms with Crippen molar-refractivity contribution >= 4 is 58.5 Å². The Morgan fingerprint density at radius 2 is 1.19 bits per heavy atom. The molecule has 0 heterocycles. The van der Waals surface area contributed by atoms with Crippen molar-refractivity contribution in [3.63, 3.8) is 0 Å². The normalized spacial score (nSPS) is 12.6. The number of amides is 3. The van der Waals surface area contributed by atoms with Gasteiger partial charge in [0.1, 0.15) is 10.9 Å². The van der Waals surface area contributed by atoms with Gasteiger partial charge in [-0.25, -0.2) is 0 Å². The number of carbonyl (C=O) groups is 5. The minimum Gasteiger partial charge on any atom is -0.324 e. The topological polar surface area (TPSA) is 121 Å². The number of carbonyl (C=O) groups excluding carboxylic acids is 5. The van der Waals surface area contributed by atoms with Crippen LogP contribution in [0.5, 0.6) is 0 Å². The van der Waals surface area contributed by atoms with Crippen LogP contribution in [0.15, 0.2) is 168 Å². The second-order valence-corrected chi connectivity index (χ2v) is 13.3. The summed E-state index contributed by atoms with van der Waals surface area (Å²) in [6.07, 6.45) is 1.60. The Hall–Kier alpha value is -6.84. The lowest BCUT2D eigenvalue weighted by molar-refractivity contribution is -0.116. The number of rotatable bonds is 10. The van der Waals surface area contributed by atoms with E-state index in [-0.39, 0.29) is 34.1 Å². The number of anilines is 2. The summed E-state index contributed by atoms with van der Waals surface area (Å²) < 4.78 is 0. The fourth-order valence-corrected chi connectivity index (χ4v) is 7.07. The van der Waals surface area contributed by atoms with Gasteiger partial charge in [0.15, 0.2) is 11.6 Å². The Morgan fingerprint density at radius 1 is 0.585 bits per heavy atom. The lowest BCUT2D eigenvalue weighted by Gasteiger charge is -2.22. The van der Waals surface area contributed by atoms with Gasteiger partial charge in [-0.05, 0) is 53.6 Å². The molecule has 1 atom stereocenters. The van der Waals surface area contributed by atoms with Gasteiger partial charge in [-0.15, -0.1) is 11.8 Å². The van der Waals surface area contributed by atoms with Gasteiger partial charge >= 0.3 is 0 Å². The van der Waals surface area contributed by atoms with Crippen molar-refractivity contribution in [1.82, 2.24) is 5.32 Å². The van der Waals surface area contributed by atoms with Crippen molar-refractivity contribution in [3.05, 3.63) is 202 Å². The predicted molar refractivity (Wildman–Crippen MR) is 207 cm³/mol. The Labute approximate surface area is 310 Å². The van der Waals surface area contributed by atoms with E-state index in [1.54, 1.807) is 97.1 Å². The summed E-state index contributed by atoms with van der Waals surface area (Å²) in [4.78, 5) is 68.5. The van der Waals surface area contributed by atoms with Gasteiger partial charge < -0.3 is 16.0 Å². The third-order valence-electron chi connectivity index (χ3n) is 8.54. The highest BCUT2D eigenvalue weighted by molar-refractivity contribution is 8.00. The Morgan fingerprint density at radius 3 is 1.91 bits per heavy atom. The van der Waals surface area contributed by atoms with Crippen LogP contribution in [0.25, 0.3) is 6.08 Å². The molecule has 3 N–H and O–H groups in total. The zero-order chi connectivity index (χ0) is 36.7. The van der Waals surface area contributed by atoms with E-state index in [1.165, 1.54) is 11.8 Å². The van der Waals surface area contributed by atoms with Crippen LogP contribution in [-0.2, 0) is 9.59 Å². The summed E-state index contributed by atoms with van der Waals surface area (Å²) in [6.45, 7) is 0. The lowest BCUT2D eigenvalue weighted by atomic mass is 9.83. The van der Waals surface area contributed by atoms with E-state index in [0.717, 1.165) is 5.56 Å². The van der Waals surface area contributed by atoms with Crippen LogP contribution in [0.4, 0.5) is 11.4 Å². The van der Waals surface area contributed by atoms with Crippen LogP contribution >= 0.6 is 11.8 Å². The minimum atomic E-state index is -0.779. The average molecular weight is 714 g/mol. The molecule has 1 aliphatic carbocycles. The fourth-order valence-electron chi connectivity index (χ4n) is 5.99. The third-order valence-corrected chi connectivity index (χ3v) is 9.78. The van der Waals surface area contributed by atoms with Gasteiger partial charge in [0.05, 0.1) is 11.3 Å². The molecule has 0 spiro atoms. The first-order chi connectivity index (χ1) is 25.9. The zero-order valence-corrected chi connectivity index (χ0v) is 28.9. The third kappa shape index (κ3) is 7.75. The van der Waals surface area contributed by atoms with Crippen LogP contribution in [0.3, 0.4) is 0 Å². The van der Waals surface area contributed by atoms with Gasteiger partial charge in [-0.2, -0.15) is 0 Å². The summed E-state index contributed by atoms with van der Waals surface area (Å²) in [7, 11) is 0. The number of fused-ring (bicyclic) bond motifs is 2. The summed E-state index contributed by atoms with van der Waals surface area (Å²) in [5.41, 5.74) is 3.59. The van der Waals surface area contributed by atoms with E-state index in [4.69, 9.17) is 0 Å². The molecule has 1 aliphatic rings. The first-order valence-corrected chi connectivity index (χ1v) is 17.6. The Kier molecular flexibility index (Phi) is 10.2. The largest absolute Gasteiger partial charge is 0.324 e. The van der Waals surface area contributed by atoms with Crippen molar-refractivity contribution < 1.29 is 24.0 Å². The van der Waals surface area contributed by atoms with E-state index in [1.807, 2.05) is 66.7 Å². The van der Waals surface area contributed by atoms with Gasteiger partial charge in [0.25, 0.3) is 11.8 Å². The molecule has 3 amide bonds. The van der Waals surface area contributed by atoms with Crippen LogP contribution in [0, 0.1) is 0 Å². The monoisotopic (exact) mass is 713 g/mol. The van der Waals surface area contributed by atoms with E-state index in [2.05, 4.69) is 16.0 Å². The van der Waals surface area contributed by atoms with Crippen molar-refractivity contribution in [1.29, 1.82) is 0 Å². The summed E-state index contributed by atoms with van der Waals surface area (Å²) in [6, 6.07) is 45.6. The lowest BCUT2D eigenvalue weighted by Crippen LogP contribution is -2.30. The van der Waals surface area contributed by atoms with Crippen molar-refractivity contribution in [2.24, 2.45) is 0 Å². The predicted octanol–water partition coefficient (Wildman–Crippen LogP) is 8.34. The molecular formula is C44H31N3O5S. The molecule has 0 saturated heterocycles. The highest BCUT2D eigenvalue weighted by atomic mass is 32.2. The number of ketones is 2. The molecule has 0 fully saturated rings. The molecule has 8 nitrogen and oxygen atoms in total. The standard InChI is InChI=1S/C44H31N3O5S/c48-39-33-22-10-11-23-34(33)40(49)38-35(39)24-13-25-36(38)46-44(52)41(29-16-6-2-7-17-29)53-32-21-12-20-31(27-32)45-43(51)37(26-28-14-4-1-5-15-28)47-42(50)30-18-8-3-9-19-30/h1-27,41H,(H,45,51)(H,46,52)(H,47,50)/b37-26+. The number of benzene rings is 6. The maximum atomic E-state index is 14.1. The van der Waals surface area contributed by atoms with Crippen molar-refractivity contribution in [2.75, 3.05) is 10.6 Å². The van der Waals surface area contributed by atoms with Crippen LogP contribution in [0.1, 0.15) is 58.6 Å². The number of nitrogens with one attached hydrogen (secondary N) is 3. The molecular weight excluding hydrogens is 683 g/mol. The molecule has 0 radical (unpaired) electrons. The van der Waals surface area contributed by atoms with Crippen LogP contribution in [0.2, 0.25) is 0 Å². The van der Waals surface area contributed by atoms with Crippen molar-refractivity contribution in [2.45, 2.75) is 10.1 Å². The summed E-state index contributed by atoms with van der Waals surface area (Å²) in [5.74, 6) is -1.98. The van der Waals surface area contributed by atoms with E-state index in [0.29, 0.717) is 32.8 Å². The molecule has 7 rings (SSSR count). The van der Waals surface area contributed by atoms with Crippen LogP contribution < -0.4 is 16.0 Å². The maximum absolute atomic E-state index is 14.1. The Bertz CT molecular complexity index is 2400. The van der Waals surface area contributed by atoms with Gasteiger partial charge in [0.2, 0.25) is 5.91 Å². The van der Waals surface area contributed by atoms with Gasteiger partial charge in [0, 0.05) is 32.8 Å². The highest BCUT2D eigenvalue weighted by Crippen LogP contribution is 2.39. The number of hydrogen-bond acceptors (Lipinski definition) is 6. The zero-order valence-electron chi connectivity index (χ0n) is 28.1. The van der Waals surface area contributed by atoms with E-state index < -0.39 is 23.0 Å². The van der Waals surface area contributed by atoms with E-state index >= 15 is 0 Å². The molecule has 0 aromatic heterocycles. The second-order valence-electron chi connectivity index (χ2n) is 12.1. The first kappa shape index (κ1) is 34.6. The molecule has 0 saturated carbocycles. The summed E-state index contributed by atoms with van der Waals surface area (Å²) >= 11 is 1.26. The number of hydrogen-bond donors (Lipinski definition) is 3. The minimum absolute atomic E-state index is 0.0477. The molecule has 53 heavy (non-hydrogen) atoms. The molecule has 9 heteroatoms. The fraction of sp³-hybridized carbons (Fsp3) is 0.0227. The molecule has 6 aromatic rings. The van der Waals surface area contributed by atoms with Gasteiger partial charge in [-0.3, -0.25) is 24.0 Å². The Balaban J connectivity index is 1.14. The SMILES string of the molecule is O=C(Nc1cccc(SC(C(=O)Nc2cccc3c2C(=O)c2ccccc2C3=O)c2ccccc2)c1)/C(=C\c1ccccc1)NC(=O)c1ccccc1. The summed E-state index contributed by atoms with van der Waals surface area (Å²) in [5, 5.41) is 7.79. The molecule has 1 unspecified atom stereocenters. The molecule has 258 valence electrons. The molecule has 0 bridgehead atoms. The maximum Gasteiger partial charge on any atom is 0.272 e. The van der Waals surface area contributed by atoms with Gasteiger partial charge in [-0.1, -0.05) is 121 Å². The average Bonchev–Trinajstić information content (AvgIpc) is 3.20. The smallest absolute Gasteiger partial charge is 0.272 e. The quantitative estimate of drug-likeness (QED) is 0.0968.